The highest BCUT2D eigenvalue weighted by Gasteiger charge is 2.43. The van der Waals surface area contributed by atoms with Gasteiger partial charge in [0.05, 0.1) is 62.9 Å². The van der Waals surface area contributed by atoms with Crippen LogP contribution in [0.2, 0.25) is 0 Å². The normalized spacial score (nSPS) is 14.9. The Morgan fingerprint density at radius 1 is 0.911 bits per heavy atom. The number of allylic oxidation sites excluding steroid dienone is 1. The minimum absolute atomic E-state index is 0.0151. The molecule has 0 aromatic heterocycles. The van der Waals surface area contributed by atoms with Crippen LogP contribution in [-0.2, 0) is 35.1 Å². The van der Waals surface area contributed by atoms with Crippen LogP contribution in [0.5, 0.6) is 0 Å². The van der Waals surface area contributed by atoms with Crippen LogP contribution in [0.3, 0.4) is 0 Å². The molecule has 0 radical (unpaired) electrons. The maximum atomic E-state index is 15.1. The molecule has 8 nitrogen and oxygen atoms in total. The van der Waals surface area contributed by atoms with Crippen LogP contribution in [0.4, 0.5) is 22.0 Å². The maximum absolute atomic E-state index is 15.1. The van der Waals surface area contributed by atoms with E-state index in [4.69, 9.17) is 18.9 Å². The number of hydrogen-bond donors (Lipinski definition) is 1. The van der Waals surface area contributed by atoms with E-state index < -0.39 is 63.7 Å². The molecular formula is C32H35F5N2O6. The smallest absolute Gasteiger partial charge is 0.336 e. The average molecular weight is 639 g/mol. The summed E-state index contributed by atoms with van der Waals surface area (Å²) >= 11 is 0. The molecule has 244 valence electrons. The van der Waals surface area contributed by atoms with Gasteiger partial charge >= 0.3 is 11.9 Å². The van der Waals surface area contributed by atoms with Crippen LogP contribution >= 0.6 is 0 Å². The number of ether oxygens (including phenoxy) is 4. The van der Waals surface area contributed by atoms with Crippen molar-refractivity contribution in [3.05, 3.63) is 106 Å². The second-order valence-corrected chi connectivity index (χ2v) is 9.86. The summed E-state index contributed by atoms with van der Waals surface area (Å²) < 4.78 is 93.8. The molecule has 0 saturated heterocycles. The van der Waals surface area contributed by atoms with Gasteiger partial charge in [0.2, 0.25) is 5.82 Å². The Balaban J connectivity index is 1.80. The number of esters is 2. The van der Waals surface area contributed by atoms with E-state index in [0.29, 0.717) is 26.2 Å². The van der Waals surface area contributed by atoms with Crippen molar-refractivity contribution in [3.8, 4) is 0 Å². The second-order valence-electron chi connectivity index (χ2n) is 9.86. The summed E-state index contributed by atoms with van der Waals surface area (Å²) in [6.07, 6.45) is 1.79. The van der Waals surface area contributed by atoms with Crippen LogP contribution in [0.25, 0.3) is 0 Å². The molecule has 2 aromatic carbocycles. The van der Waals surface area contributed by atoms with Crippen molar-refractivity contribution in [1.29, 1.82) is 0 Å². The maximum Gasteiger partial charge on any atom is 0.336 e. The summed E-state index contributed by atoms with van der Waals surface area (Å²) in [6.45, 7) is 8.45. The minimum Gasteiger partial charge on any atom is -0.466 e. The first-order chi connectivity index (χ1) is 21.6. The Morgan fingerprint density at radius 2 is 1.53 bits per heavy atom. The number of methoxy groups -OCH3 is 1. The number of nitrogens with zero attached hydrogens (tertiary/aromatic N) is 1. The van der Waals surface area contributed by atoms with Gasteiger partial charge in [0.15, 0.2) is 23.3 Å². The van der Waals surface area contributed by atoms with Crippen molar-refractivity contribution in [3.63, 3.8) is 0 Å². The molecule has 3 rings (SSSR count). The predicted octanol–water partition coefficient (Wildman–Crippen LogP) is 5.05. The van der Waals surface area contributed by atoms with Gasteiger partial charge in [0, 0.05) is 30.9 Å². The van der Waals surface area contributed by atoms with Crippen molar-refractivity contribution in [1.82, 2.24) is 10.2 Å². The van der Waals surface area contributed by atoms with Crippen LogP contribution in [0.1, 0.15) is 30.9 Å². The first kappa shape index (κ1) is 35.4. The molecule has 1 heterocycles. The third-order valence-electron chi connectivity index (χ3n) is 6.88. The molecule has 0 aliphatic carbocycles. The summed E-state index contributed by atoms with van der Waals surface area (Å²) in [4.78, 5) is 28.0. The van der Waals surface area contributed by atoms with Crippen LogP contribution < -0.4 is 5.32 Å². The number of rotatable bonds is 16. The fraction of sp³-hybridized carbons (Fsp3) is 0.375. The lowest BCUT2D eigenvalue weighted by molar-refractivity contribution is -0.139. The van der Waals surface area contributed by atoms with Crippen LogP contribution in [0.15, 0.2) is 65.5 Å². The number of halogens is 5. The van der Waals surface area contributed by atoms with E-state index in [-0.39, 0.29) is 37.8 Å². The Kier molecular flexibility index (Phi) is 13.3. The molecule has 1 N–H and O–H groups in total. The predicted molar refractivity (Wildman–Crippen MR) is 154 cm³/mol. The monoisotopic (exact) mass is 638 g/mol. The zero-order valence-corrected chi connectivity index (χ0v) is 25.2. The highest BCUT2D eigenvalue weighted by Crippen LogP contribution is 2.43. The van der Waals surface area contributed by atoms with Gasteiger partial charge in [-0.2, -0.15) is 0 Å². The zero-order chi connectivity index (χ0) is 33.1. The lowest BCUT2D eigenvalue weighted by Gasteiger charge is -2.31. The van der Waals surface area contributed by atoms with Gasteiger partial charge in [-0.25, -0.2) is 31.5 Å². The van der Waals surface area contributed by atoms with Gasteiger partial charge in [-0.15, -0.1) is 6.58 Å². The van der Waals surface area contributed by atoms with Crippen molar-refractivity contribution in [2.75, 3.05) is 53.2 Å². The summed E-state index contributed by atoms with van der Waals surface area (Å²) in [5.41, 5.74) is -1.55. The number of hydrogen-bond acceptors (Lipinski definition) is 8. The molecule has 0 amide bonds. The number of nitrogens with one attached hydrogen (secondary N) is 1. The molecule has 2 aromatic rings. The molecule has 45 heavy (non-hydrogen) atoms. The first-order valence-corrected chi connectivity index (χ1v) is 14.1. The fourth-order valence-corrected chi connectivity index (χ4v) is 4.85. The zero-order valence-electron chi connectivity index (χ0n) is 25.2. The van der Waals surface area contributed by atoms with Gasteiger partial charge < -0.3 is 24.3 Å². The first-order valence-electron chi connectivity index (χ1n) is 14.1. The number of carbonyl (C=O) groups excluding carboxylic acids is 2. The van der Waals surface area contributed by atoms with Crippen molar-refractivity contribution in [2.24, 2.45) is 0 Å². The number of benzene rings is 2. The standard InChI is InChI=1S/C32H35F5N2O6/c1-5-12-39(17-20-10-8-7-9-11-20)13-14-43-15-16-44-18-21-23(32(41)45-6-2)24(22(19(3)38-21)31(40)42-4)25-26(33)28(35)30(37)29(36)27(25)34/h5,7-11,24,38H,1,6,12-18H2,2-4H3. The molecule has 0 saturated carbocycles. The lowest BCUT2D eigenvalue weighted by Crippen LogP contribution is -2.36. The highest BCUT2D eigenvalue weighted by atomic mass is 19.2. The van der Waals surface area contributed by atoms with Gasteiger partial charge in [-0.1, -0.05) is 36.4 Å². The Hall–Kier alpha value is -4.07. The third-order valence-corrected chi connectivity index (χ3v) is 6.88. The summed E-state index contributed by atoms with van der Waals surface area (Å²) in [7, 11) is 0.961. The van der Waals surface area contributed by atoms with E-state index in [0.717, 1.165) is 12.7 Å². The van der Waals surface area contributed by atoms with E-state index in [9.17, 15) is 22.8 Å². The van der Waals surface area contributed by atoms with Crippen LogP contribution in [0, 0.1) is 29.1 Å². The topological polar surface area (TPSA) is 86.3 Å². The molecule has 0 bridgehead atoms. The van der Waals surface area contributed by atoms with E-state index in [1.807, 2.05) is 30.3 Å². The number of dihydropyridines is 1. The highest BCUT2D eigenvalue weighted by molar-refractivity contribution is 6.00. The minimum atomic E-state index is -2.39. The van der Waals surface area contributed by atoms with E-state index >= 15 is 8.78 Å². The van der Waals surface area contributed by atoms with Crippen molar-refractivity contribution >= 4 is 11.9 Å². The molecule has 0 fully saturated rings. The summed E-state index contributed by atoms with van der Waals surface area (Å²) in [5, 5.41) is 2.77. The average Bonchev–Trinajstić information content (AvgIpc) is 3.02. The summed E-state index contributed by atoms with van der Waals surface area (Å²) in [6, 6.07) is 9.89. The van der Waals surface area contributed by atoms with Gasteiger partial charge in [0.1, 0.15) is 0 Å². The molecular weight excluding hydrogens is 603 g/mol. The SMILES string of the molecule is C=CCN(CCOCCOCC1=C(C(=O)OCC)C(c2c(F)c(F)c(F)c(F)c2F)C(C(=O)OC)=C(C)N1)Cc1ccccc1. The van der Waals surface area contributed by atoms with E-state index in [2.05, 4.69) is 16.8 Å². The Morgan fingerprint density at radius 3 is 2.13 bits per heavy atom. The van der Waals surface area contributed by atoms with Crippen LogP contribution in [-0.4, -0.2) is 70.1 Å². The Bertz CT molecular complexity index is 1420. The Labute approximate surface area is 258 Å². The van der Waals surface area contributed by atoms with Crippen molar-refractivity contribution < 1.29 is 50.5 Å². The molecule has 13 heteroatoms. The van der Waals surface area contributed by atoms with Crippen molar-refractivity contribution in [2.45, 2.75) is 26.3 Å². The third kappa shape index (κ3) is 8.56. The number of carbonyl (C=O) groups is 2. The largest absolute Gasteiger partial charge is 0.466 e. The molecule has 1 aliphatic rings. The second kappa shape index (κ2) is 16.8. The van der Waals surface area contributed by atoms with Gasteiger partial charge in [-0.3, -0.25) is 4.90 Å². The molecule has 1 unspecified atom stereocenters. The molecule has 0 spiro atoms. The summed E-state index contributed by atoms with van der Waals surface area (Å²) in [5.74, 6) is -15.7. The molecule has 1 atom stereocenters. The quantitative estimate of drug-likeness (QED) is 0.0683. The van der Waals surface area contributed by atoms with Gasteiger partial charge in [0.25, 0.3) is 0 Å². The lowest BCUT2D eigenvalue weighted by atomic mass is 9.79. The van der Waals surface area contributed by atoms with Gasteiger partial charge in [-0.05, 0) is 19.4 Å². The molecule has 1 aliphatic heterocycles. The fourth-order valence-electron chi connectivity index (χ4n) is 4.85. The van der Waals surface area contributed by atoms with E-state index in [1.54, 1.807) is 6.08 Å². The van der Waals surface area contributed by atoms with E-state index in [1.165, 1.54) is 13.8 Å².